The van der Waals surface area contributed by atoms with Gasteiger partial charge in [-0.2, -0.15) is 0 Å². The highest BCUT2D eigenvalue weighted by Crippen LogP contribution is 2.19. The van der Waals surface area contributed by atoms with Gasteiger partial charge in [0.2, 0.25) is 11.8 Å². The Morgan fingerprint density at radius 1 is 1.10 bits per heavy atom. The van der Waals surface area contributed by atoms with E-state index in [1.165, 1.54) is 23.9 Å². The van der Waals surface area contributed by atoms with Crippen LogP contribution < -0.4 is 5.32 Å². The van der Waals surface area contributed by atoms with Crippen LogP contribution in [0.2, 0.25) is 0 Å². The van der Waals surface area contributed by atoms with Crippen molar-refractivity contribution in [1.29, 1.82) is 0 Å². The van der Waals surface area contributed by atoms with Crippen LogP contribution in [0.4, 0.5) is 5.69 Å². The van der Waals surface area contributed by atoms with Crippen LogP contribution in [-0.4, -0.2) is 40.5 Å². The Hall–Kier alpha value is -2.87. The highest BCUT2D eigenvalue weighted by Gasteiger charge is 2.27. The molecule has 0 fully saturated rings. The Morgan fingerprint density at radius 3 is 2.31 bits per heavy atom. The molecule has 0 heterocycles. The molecule has 0 bridgehead atoms. The minimum atomic E-state index is -0.535. The summed E-state index contributed by atoms with van der Waals surface area (Å²) in [4.78, 5) is 37.1. The minimum absolute atomic E-state index is 0.0419. The molecule has 0 aliphatic rings. The number of benzene rings is 2. The number of hydrogen-bond acceptors (Lipinski definition) is 5. The first-order valence-corrected chi connectivity index (χ1v) is 10.5. The fraction of sp³-hybridized carbons (Fsp3) is 0.333. The van der Waals surface area contributed by atoms with Crippen molar-refractivity contribution < 1.29 is 14.5 Å². The molecule has 29 heavy (non-hydrogen) atoms. The van der Waals surface area contributed by atoms with Gasteiger partial charge in [-0.1, -0.05) is 49.4 Å². The summed E-state index contributed by atoms with van der Waals surface area (Å²) in [6, 6.07) is 15.3. The van der Waals surface area contributed by atoms with E-state index in [9.17, 15) is 19.7 Å². The van der Waals surface area contributed by atoms with E-state index >= 15 is 0 Å². The van der Waals surface area contributed by atoms with Crippen molar-refractivity contribution in [3.8, 4) is 0 Å². The summed E-state index contributed by atoms with van der Waals surface area (Å²) in [5.74, 6) is 0.477. The molecule has 0 aromatic heterocycles. The summed E-state index contributed by atoms with van der Waals surface area (Å²) in [6.07, 6.45) is 0.519. The maximum absolute atomic E-state index is 12.9. The minimum Gasteiger partial charge on any atom is -0.357 e. The van der Waals surface area contributed by atoms with Crippen LogP contribution in [0, 0.1) is 10.1 Å². The Bertz CT molecular complexity index is 828. The molecule has 2 amide bonds. The SMILES string of the molecule is CC[C@H](C(=O)NC)N(Cc1ccccc1)C(=O)CSCc1ccc([N+](=O)[O-])cc1. The molecule has 0 radical (unpaired) electrons. The van der Waals surface area contributed by atoms with Crippen molar-refractivity contribution in [2.75, 3.05) is 12.8 Å². The number of nitrogens with zero attached hydrogens (tertiary/aromatic N) is 2. The first kappa shape index (κ1) is 22.4. The zero-order valence-electron chi connectivity index (χ0n) is 16.5. The summed E-state index contributed by atoms with van der Waals surface area (Å²) in [5.41, 5.74) is 1.91. The van der Waals surface area contributed by atoms with Gasteiger partial charge in [0.15, 0.2) is 0 Å². The first-order chi connectivity index (χ1) is 14.0. The third kappa shape index (κ3) is 6.60. The molecule has 0 aliphatic carbocycles. The molecule has 7 nitrogen and oxygen atoms in total. The van der Waals surface area contributed by atoms with Gasteiger partial charge in [0.25, 0.3) is 5.69 Å². The number of carbonyl (C=O) groups excluding carboxylic acids is 2. The summed E-state index contributed by atoms with van der Waals surface area (Å²) < 4.78 is 0. The van der Waals surface area contributed by atoms with Gasteiger partial charge in [0.1, 0.15) is 6.04 Å². The third-order valence-electron chi connectivity index (χ3n) is 4.47. The summed E-state index contributed by atoms with van der Waals surface area (Å²) in [5, 5.41) is 13.4. The number of carbonyl (C=O) groups is 2. The summed E-state index contributed by atoms with van der Waals surface area (Å²) in [7, 11) is 1.57. The molecule has 0 spiro atoms. The largest absolute Gasteiger partial charge is 0.357 e. The van der Waals surface area contributed by atoms with Crippen molar-refractivity contribution in [1.82, 2.24) is 10.2 Å². The van der Waals surface area contributed by atoms with E-state index in [-0.39, 0.29) is 23.3 Å². The molecule has 1 N–H and O–H groups in total. The van der Waals surface area contributed by atoms with Crippen LogP contribution in [0.1, 0.15) is 24.5 Å². The summed E-state index contributed by atoms with van der Waals surface area (Å²) in [6.45, 7) is 2.25. The molecule has 2 aromatic carbocycles. The quantitative estimate of drug-likeness (QED) is 0.474. The van der Waals surface area contributed by atoms with E-state index in [2.05, 4.69) is 5.32 Å². The lowest BCUT2D eigenvalue weighted by molar-refractivity contribution is -0.384. The Balaban J connectivity index is 2.03. The first-order valence-electron chi connectivity index (χ1n) is 9.32. The topological polar surface area (TPSA) is 92.6 Å². The van der Waals surface area contributed by atoms with Crippen LogP contribution >= 0.6 is 11.8 Å². The van der Waals surface area contributed by atoms with Crippen LogP contribution in [0.5, 0.6) is 0 Å². The van der Waals surface area contributed by atoms with Crippen molar-refractivity contribution in [3.63, 3.8) is 0 Å². The Labute approximate surface area is 174 Å². The number of likely N-dealkylation sites (N-methyl/N-ethyl adjacent to an activating group) is 1. The van der Waals surface area contributed by atoms with Gasteiger partial charge < -0.3 is 10.2 Å². The number of nitrogens with one attached hydrogen (secondary N) is 1. The molecule has 154 valence electrons. The number of amides is 2. The number of nitro benzene ring substituents is 1. The van der Waals surface area contributed by atoms with E-state index in [0.29, 0.717) is 18.7 Å². The lowest BCUT2D eigenvalue weighted by Gasteiger charge is -2.30. The predicted molar refractivity (Wildman–Crippen MR) is 114 cm³/mol. The standard InChI is InChI=1S/C21H25N3O4S/c1-3-19(21(26)22-2)23(13-16-7-5-4-6-8-16)20(25)15-29-14-17-9-11-18(12-10-17)24(27)28/h4-12,19H,3,13-15H2,1-2H3,(H,22,26)/t19-/m1/s1. The molecular formula is C21H25N3O4S. The second kappa shape index (κ2) is 11.2. The van der Waals surface area contributed by atoms with Crippen LogP contribution in [0.3, 0.4) is 0 Å². The third-order valence-corrected chi connectivity index (χ3v) is 5.46. The Kier molecular flexibility index (Phi) is 8.67. The van der Waals surface area contributed by atoms with E-state index in [1.807, 2.05) is 37.3 Å². The van der Waals surface area contributed by atoms with Crippen LogP contribution in [-0.2, 0) is 21.9 Å². The Morgan fingerprint density at radius 2 is 1.76 bits per heavy atom. The monoisotopic (exact) mass is 415 g/mol. The maximum atomic E-state index is 12.9. The lowest BCUT2D eigenvalue weighted by Crippen LogP contribution is -2.48. The van der Waals surface area contributed by atoms with Gasteiger partial charge >= 0.3 is 0 Å². The molecule has 0 saturated carbocycles. The average molecular weight is 416 g/mol. The molecular weight excluding hydrogens is 390 g/mol. The molecule has 1 atom stereocenters. The van der Waals surface area contributed by atoms with Crippen molar-refractivity contribution in [3.05, 3.63) is 75.8 Å². The normalized spacial score (nSPS) is 11.5. The molecule has 0 aliphatic heterocycles. The lowest BCUT2D eigenvalue weighted by atomic mass is 10.1. The number of non-ortho nitro benzene ring substituents is 1. The van der Waals surface area contributed by atoms with Gasteiger partial charge in [0.05, 0.1) is 10.7 Å². The molecule has 2 rings (SSSR count). The molecule has 8 heteroatoms. The predicted octanol–water partition coefficient (Wildman–Crippen LogP) is 3.38. The van der Waals surface area contributed by atoms with Gasteiger partial charge in [-0.15, -0.1) is 11.8 Å². The van der Waals surface area contributed by atoms with Crippen LogP contribution in [0.25, 0.3) is 0 Å². The highest BCUT2D eigenvalue weighted by atomic mass is 32.2. The maximum Gasteiger partial charge on any atom is 0.269 e. The van der Waals surface area contributed by atoms with Crippen molar-refractivity contribution in [2.45, 2.75) is 31.7 Å². The highest BCUT2D eigenvalue weighted by molar-refractivity contribution is 7.99. The average Bonchev–Trinajstić information content (AvgIpc) is 2.74. The second-order valence-electron chi connectivity index (χ2n) is 6.46. The fourth-order valence-corrected chi connectivity index (χ4v) is 3.79. The second-order valence-corrected chi connectivity index (χ2v) is 7.45. The van der Waals surface area contributed by atoms with E-state index < -0.39 is 11.0 Å². The van der Waals surface area contributed by atoms with Crippen molar-refractivity contribution >= 4 is 29.3 Å². The summed E-state index contributed by atoms with van der Waals surface area (Å²) >= 11 is 1.42. The van der Waals surface area contributed by atoms with Crippen molar-refractivity contribution in [2.24, 2.45) is 0 Å². The fourth-order valence-electron chi connectivity index (χ4n) is 2.92. The van der Waals surface area contributed by atoms with E-state index in [4.69, 9.17) is 0 Å². The van der Waals surface area contributed by atoms with Gasteiger partial charge in [-0.05, 0) is 17.5 Å². The van der Waals surface area contributed by atoms with Gasteiger partial charge in [0, 0.05) is 31.5 Å². The number of rotatable bonds is 10. The number of hydrogen-bond donors (Lipinski definition) is 1. The van der Waals surface area contributed by atoms with Gasteiger partial charge in [-0.25, -0.2) is 0 Å². The van der Waals surface area contributed by atoms with Gasteiger partial charge in [-0.3, -0.25) is 19.7 Å². The zero-order valence-corrected chi connectivity index (χ0v) is 17.4. The number of nitro groups is 1. The molecule has 0 saturated heterocycles. The molecule has 2 aromatic rings. The van der Waals surface area contributed by atoms with E-state index in [0.717, 1.165) is 11.1 Å². The molecule has 0 unspecified atom stereocenters. The zero-order chi connectivity index (χ0) is 21.2. The van der Waals surface area contributed by atoms with E-state index in [1.54, 1.807) is 24.1 Å². The van der Waals surface area contributed by atoms with Crippen LogP contribution in [0.15, 0.2) is 54.6 Å². The smallest absolute Gasteiger partial charge is 0.269 e. The number of thioether (sulfide) groups is 1.